The Labute approximate surface area is 132 Å². The molecule has 0 bridgehead atoms. The molecule has 2 aromatic carbocycles. The highest BCUT2D eigenvalue weighted by Gasteiger charge is 2.17. The molecule has 0 saturated carbocycles. The minimum Gasteiger partial charge on any atom is -0.489 e. The summed E-state index contributed by atoms with van der Waals surface area (Å²) >= 11 is 0. The second-order valence-electron chi connectivity index (χ2n) is 5.32. The average molecular weight is 293 g/mol. The quantitative estimate of drug-likeness (QED) is 0.786. The number of benzene rings is 2. The molecule has 0 aliphatic carbocycles. The summed E-state index contributed by atoms with van der Waals surface area (Å²) in [6, 6.07) is 19.8. The van der Waals surface area contributed by atoms with Gasteiger partial charge < -0.3 is 14.5 Å². The number of hydrogen-bond acceptors (Lipinski definition) is 3. The molecule has 1 heterocycles. The van der Waals surface area contributed by atoms with E-state index in [9.17, 15) is 0 Å². The van der Waals surface area contributed by atoms with E-state index in [1.807, 2.05) is 6.07 Å². The molecule has 1 aliphatic rings. The fourth-order valence-electron chi connectivity index (χ4n) is 2.72. The van der Waals surface area contributed by atoms with Crippen LogP contribution in [0.5, 0.6) is 5.75 Å². The molecule has 0 amide bonds. The van der Waals surface area contributed by atoms with Gasteiger partial charge >= 0.3 is 0 Å². The van der Waals surface area contributed by atoms with E-state index in [-0.39, 0.29) is 0 Å². The van der Waals surface area contributed by atoms with Crippen LogP contribution in [0.25, 0.3) is 0 Å². The Morgan fingerprint density at radius 2 is 1.68 bits per heavy atom. The molecule has 2 aromatic rings. The van der Waals surface area contributed by atoms with Gasteiger partial charge in [-0.05, 0) is 24.3 Å². The molecule has 1 saturated heterocycles. The fraction of sp³-hybridized carbons (Fsp3) is 0.263. The van der Waals surface area contributed by atoms with E-state index < -0.39 is 0 Å². The lowest BCUT2D eigenvalue weighted by Gasteiger charge is -2.37. The molecule has 0 unspecified atom stereocenters. The van der Waals surface area contributed by atoms with Crippen LogP contribution in [0, 0.1) is 6.07 Å². The summed E-state index contributed by atoms with van der Waals surface area (Å²) in [6.45, 7) is 8.28. The van der Waals surface area contributed by atoms with Crippen molar-refractivity contribution in [2.45, 2.75) is 0 Å². The minimum atomic E-state index is 0.516. The van der Waals surface area contributed by atoms with E-state index >= 15 is 0 Å². The van der Waals surface area contributed by atoms with E-state index in [1.165, 1.54) is 11.4 Å². The molecule has 3 rings (SSSR count). The third-order valence-electron chi connectivity index (χ3n) is 3.88. The molecular formula is C19H21N2O. The zero-order chi connectivity index (χ0) is 15.2. The van der Waals surface area contributed by atoms with Crippen molar-refractivity contribution in [3.8, 4) is 5.75 Å². The fourth-order valence-corrected chi connectivity index (χ4v) is 2.72. The van der Waals surface area contributed by atoms with E-state index in [2.05, 4.69) is 64.9 Å². The molecule has 1 radical (unpaired) electrons. The van der Waals surface area contributed by atoms with Crippen molar-refractivity contribution in [3.05, 3.63) is 67.3 Å². The summed E-state index contributed by atoms with van der Waals surface area (Å²) in [5.41, 5.74) is 2.50. The first kappa shape index (κ1) is 14.5. The number of anilines is 2. The van der Waals surface area contributed by atoms with Gasteiger partial charge in [-0.3, -0.25) is 0 Å². The standard InChI is InChI=1S/C19H21N2O/c1-2-15-22-19-10-6-9-18(16-19)21-13-11-20(12-14-21)17-7-4-3-5-8-17/h2-9,16H,1,11-15H2. The van der Waals surface area contributed by atoms with Crippen LogP contribution in [0.2, 0.25) is 0 Å². The molecule has 0 spiro atoms. The van der Waals surface area contributed by atoms with Crippen LogP contribution < -0.4 is 14.5 Å². The normalized spacial score (nSPS) is 14.7. The zero-order valence-corrected chi connectivity index (χ0v) is 12.7. The second kappa shape index (κ2) is 7.03. The third-order valence-corrected chi connectivity index (χ3v) is 3.88. The molecule has 1 fully saturated rings. The monoisotopic (exact) mass is 293 g/mol. The Balaban J connectivity index is 1.62. The van der Waals surface area contributed by atoms with Crippen molar-refractivity contribution in [1.82, 2.24) is 0 Å². The zero-order valence-electron chi connectivity index (χ0n) is 12.7. The lowest BCUT2D eigenvalue weighted by atomic mass is 10.2. The summed E-state index contributed by atoms with van der Waals surface area (Å²) in [4.78, 5) is 4.83. The number of para-hydroxylation sites is 1. The first-order chi connectivity index (χ1) is 10.9. The maximum Gasteiger partial charge on any atom is 0.129 e. The van der Waals surface area contributed by atoms with Gasteiger partial charge in [0.2, 0.25) is 0 Å². The van der Waals surface area contributed by atoms with E-state index in [0.29, 0.717) is 6.61 Å². The number of piperazine rings is 1. The molecule has 1 aliphatic heterocycles. The number of nitrogens with zero attached hydrogens (tertiary/aromatic N) is 2. The molecule has 3 heteroatoms. The van der Waals surface area contributed by atoms with E-state index in [1.54, 1.807) is 6.08 Å². The summed E-state index contributed by atoms with van der Waals surface area (Å²) in [5.74, 6) is 0.780. The largest absolute Gasteiger partial charge is 0.489 e. The molecule has 0 aromatic heterocycles. The topological polar surface area (TPSA) is 15.7 Å². The van der Waals surface area contributed by atoms with Gasteiger partial charge in [0.25, 0.3) is 0 Å². The highest BCUT2D eigenvalue weighted by molar-refractivity contribution is 5.53. The Bertz CT molecular complexity index is 604. The summed E-state index contributed by atoms with van der Waals surface area (Å²) < 4.78 is 5.57. The van der Waals surface area contributed by atoms with Gasteiger partial charge in [0.05, 0.1) is 0 Å². The number of hydrogen-bond donors (Lipinski definition) is 0. The van der Waals surface area contributed by atoms with Gasteiger partial charge in [-0.25, -0.2) is 0 Å². The van der Waals surface area contributed by atoms with Crippen LogP contribution in [0.15, 0.2) is 61.2 Å². The van der Waals surface area contributed by atoms with Crippen molar-refractivity contribution < 1.29 is 4.74 Å². The smallest absolute Gasteiger partial charge is 0.129 e. The molecule has 22 heavy (non-hydrogen) atoms. The lowest BCUT2D eigenvalue weighted by Crippen LogP contribution is -2.46. The number of rotatable bonds is 5. The van der Waals surface area contributed by atoms with Crippen molar-refractivity contribution >= 4 is 11.4 Å². The summed E-state index contributed by atoms with van der Waals surface area (Å²) in [5, 5.41) is 0. The van der Waals surface area contributed by atoms with Crippen LogP contribution >= 0.6 is 0 Å². The van der Waals surface area contributed by atoms with Gasteiger partial charge in [-0.1, -0.05) is 30.9 Å². The summed E-state index contributed by atoms with van der Waals surface area (Å²) in [6.07, 6.45) is 1.75. The Morgan fingerprint density at radius 1 is 1.00 bits per heavy atom. The van der Waals surface area contributed by atoms with Crippen molar-refractivity contribution in [3.63, 3.8) is 0 Å². The van der Waals surface area contributed by atoms with Gasteiger partial charge in [0, 0.05) is 49.7 Å². The van der Waals surface area contributed by atoms with Gasteiger partial charge in [0.1, 0.15) is 12.4 Å². The van der Waals surface area contributed by atoms with Gasteiger partial charge in [-0.15, -0.1) is 0 Å². The number of ether oxygens (including phenoxy) is 1. The highest BCUT2D eigenvalue weighted by atomic mass is 16.5. The molecule has 113 valence electrons. The Kier molecular flexibility index (Phi) is 4.64. The first-order valence-corrected chi connectivity index (χ1v) is 7.67. The molecule has 3 nitrogen and oxygen atoms in total. The van der Waals surface area contributed by atoms with Gasteiger partial charge in [0.15, 0.2) is 0 Å². The van der Waals surface area contributed by atoms with Crippen LogP contribution in [-0.2, 0) is 0 Å². The highest BCUT2D eigenvalue weighted by Crippen LogP contribution is 2.23. The lowest BCUT2D eigenvalue weighted by molar-refractivity contribution is 0.362. The third kappa shape index (κ3) is 3.42. The average Bonchev–Trinajstić information content (AvgIpc) is 2.61. The predicted molar refractivity (Wildman–Crippen MR) is 91.8 cm³/mol. The van der Waals surface area contributed by atoms with Crippen LogP contribution in [0.1, 0.15) is 0 Å². The van der Waals surface area contributed by atoms with Gasteiger partial charge in [-0.2, -0.15) is 0 Å². The second-order valence-corrected chi connectivity index (χ2v) is 5.32. The van der Waals surface area contributed by atoms with E-state index in [0.717, 1.165) is 31.9 Å². The predicted octanol–water partition coefficient (Wildman–Crippen LogP) is 3.38. The Morgan fingerprint density at radius 3 is 2.36 bits per heavy atom. The molecular weight excluding hydrogens is 272 g/mol. The molecule has 0 N–H and O–H groups in total. The Hall–Kier alpha value is -2.42. The van der Waals surface area contributed by atoms with Crippen LogP contribution in [0.4, 0.5) is 11.4 Å². The molecule has 0 atom stereocenters. The van der Waals surface area contributed by atoms with Crippen LogP contribution in [0.3, 0.4) is 0 Å². The van der Waals surface area contributed by atoms with E-state index in [4.69, 9.17) is 4.74 Å². The van der Waals surface area contributed by atoms with Crippen molar-refractivity contribution in [2.24, 2.45) is 0 Å². The summed E-state index contributed by atoms with van der Waals surface area (Å²) in [7, 11) is 0. The maximum absolute atomic E-state index is 5.57. The maximum atomic E-state index is 5.57. The SMILES string of the molecule is C=CCOc1[c]ccc(N2CCN(c3ccccc3)CC2)c1. The van der Waals surface area contributed by atoms with Crippen molar-refractivity contribution in [1.29, 1.82) is 0 Å². The van der Waals surface area contributed by atoms with Crippen LogP contribution in [-0.4, -0.2) is 32.8 Å². The van der Waals surface area contributed by atoms with Crippen molar-refractivity contribution in [2.75, 3.05) is 42.6 Å². The minimum absolute atomic E-state index is 0.516. The first-order valence-electron chi connectivity index (χ1n) is 7.67.